The molecule has 7 heteroatoms. The van der Waals surface area contributed by atoms with Gasteiger partial charge in [0.05, 0.1) is 4.92 Å². The van der Waals surface area contributed by atoms with E-state index in [1.54, 1.807) is 12.1 Å². The molecule has 0 N–H and O–H groups in total. The Kier molecular flexibility index (Phi) is 4.04. The average molecular weight is 361 g/mol. The maximum atomic E-state index is 12.1. The topological polar surface area (TPSA) is 85.0 Å². The lowest BCUT2D eigenvalue weighted by Gasteiger charge is -2.19. The third kappa shape index (κ3) is 3.10. The van der Waals surface area contributed by atoms with Crippen molar-refractivity contribution < 1.29 is 14.5 Å². The first-order valence-corrected chi connectivity index (χ1v) is 8.31. The standard InChI is InChI=1S/C20H15N3O4/c1-13(24)22-20(17-7-6-14-4-2-3-5-16(14)12-17)27-19(21-22)15-8-10-18(11-9-15)23(25)26/h2-12,20H,1H3/t20-/m1/s1. The Labute approximate surface area is 154 Å². The van der Waals surface area contributed by atoms with Crippen LogP contribution in [0, 0.1) is 10.1 Å². The molecule has 0 spiro atoms. The smallest absolute Gasteiger partial charge is 0.269 e. The third-order valence-corrected chi connectivity index (χ3v) is 4.35. The second kappa shape index (κ2) is 6.53. The second-order valence-electron chi connectivity index (χ2n) is 6.15. The summed E-state index contributed by atoms with van der Waals surface area (Å²) in [6.45, 7) is 1.42. The maximum absolute atomic E-state index is 12.1. The highest BCUT2D eigenvalue weighted by molar-refractivity contribution is 5.96. The van der Waals surface area contributed by atoms with Crippen LogP contribution in [-0.4, -0.2) is 21.7 Å². The van der Waals surface area contributed by atoms with Gasteiger partial charge in [-0.2, -0.15) is 5.01 Å². The number of hydrogen-bond donors (Lipinski definition) is 0. The van der Waals surface area contributed by atoms with Crippen molar-refractivity contribution in [3.63, 3.8) is 0 Å². The molecular weight excluding hydrogens is 346 g/mol. The number of benzene rings is 3. The molecule has 0 saturated carbocycles. The van der Waals surface area contributed by atoms with Gasteiger partial charge in [0.25, 0.3) is 5.69 Å². The zero-order chi connectivity index (χ0) is 19.0. The fraction of sp³-hybridized carbons (Fsp3) is 0.100. The van der Waals surface area contributed by atoms with Crippen molar-refractivity contribution >= 4 is 28.3 Å². The number of hydrazone groups is 1. The molecule has 0 aliphatic carbocycles. The average Bonchev–Trinajstić information content (AvgIpc) is 3.13. The molecule has 27 heavy (non-hydrogen) atoms. The number of rotatable bonds is 3. The van der Waals surface area contributed by atoms with Crippen LogP contribution in [0.2, 0.25) is 0 Å². The van der Waals surface area contributed by atoms with E-state index in [0.29, 0.717) is 5.56 Å². The fourth-order valence-electron chi connectivity index (χ4n) is 2.99. The largest absolute Gasteiger partial charge is 0.446 e. The van der Waals surface area contributed by atoms with Gasteiger partial charge >= 0.3 is 0 Å². The number of hydrogen-bond acceptors (Lipinski definition) is 5. The fourth-order valence-corrected chi connectivity index (χ4v) is 2.99. The Morgan fingerprint density at radius 2 is 1.78 bits per heavy atom. The number of carbonyl (C=O) groups is 1. The lowest BCUT2D eigenvalue weighted by Crippen LogP contribution is -2.25. The van der Waals surface area contributed by atoms with Crippen LogP contribution in [-0.2, 0) is 9.53 Å². The third-order valence-electron chi connectivity index (χ3n) is 4.35. The second-order valence-corrected chi connectivity index (χ2v) is 6.15. The van der Waals surface area contributed by atoms with Gasteiger partial charge in [-0.1, -0.05) is 36.4 Å². The van der Waals surface area contributed by atoms with Crippen LogP contribution < -0.4 is 0 Å². The maximum Gasteiger partial charge on any atom is 0.269 e. The van der Waals surface area contributed by atoms with E-state index in [9.17, 15) is 14.9 Å². The zero-order valence-corrected chi connectivity index (χ0v) is 14.4. The van der Waals surface area contributed by atoms with E-state index in [4.69, 9.17) is 4.74 Å². The van der Waals surface area contributed by atoms with Gasteiger partial charge in [0, 0.05) is 30.2 Å². The Morgan fingerprint density at radius 3 is 2.44 bits per heavy atom. The molecular formula is C20H15N3O4. The van der Waals surface area contributed by atoms with Crippen LogP contribution in [0.3, 0.4) is 0 Å². The number of amides is 1. The molecule has 1 aliphatic rings. The number of nitrogens with zero attached hydrogens (tertiary/aromatic N) is 3. The van der Waals surface area contributed by atoms with E-state index < -0.39 is 11.2 Å². The van der Waals surface area contributed by atoms with E-state index >= 15 is 0 Å². The Hall–Kier alpha value is -3.74. The van der Waals surface area contributed by atoms with Crippen molar-refractivity contribution in [1.29, 1.82) is 0 Å². The highest BCUT2D eigenvalue weighted by Gasteiger charge is 2.33. The van der Waals surface area contributed by atoms with Gasteiger partial charge in [-0.15, -0.1) is 5.10 Å². The first-order valence-electron chi connectivity index (χ1n) is 8.31. The summed E-state index contributed by atoms with van der Waals surface area (Å²) in [5.41, 5.74) is 1.34. The highest BCUT2D eigenvalue weighted by Crippen LogP contribution is 2.32. The summed E-state index contributed by atoms with van der Waals surface area (Å²) in [6.07, 6.45) is -0.683. The van der Waals surface area contributed by atoms with Crippen molar-refractivity contribution in [3.8, 4) is 0 Å². The molecule has 1 heterocycles. The first-order chi connectivity index (χ1) is 13.0. The predicted molar refractivity (Wildman–Crippen MR) is 99.9 cm³/mol. The lowest BCUT2D eigenvalue weighted by atomic mass is 10.1. The number of ether oxygens (including phenoxy) is 1. The first kappa shape index (κ1) is 16.7. The predicted octanol–water partition coefficient (Wildman–Crippen LogP) is 3.99. The molecule has 3 aromatic carbocycles. The molecule has 0 unspecified atom stereocenters. The molecule has 4 rings (SSSR count). The molecule has 0 bridgehead atoms. The summed E-state index contributed by atoms with van der Waals surface area (Å²) in [5.74, 6) is -0.0108. The van der Waals surface area contributed by atoms with E-state index in [1.165, 1.54) is 24.1 Å². The van der Waals surface area contributed by atoms with Gasteiger partial charge in [-0.05, 0) is 29.0 Å². The van der Waals surface area contributed by atoms with Crippen molar-refractivity contribution in [2.24, 2.45) is 5.10 Å². The van der Waals surface area contributed by atoms with Gasteiger partial charge in [0.15, 0.2) is 0 Å². The number of non-ortho nitro benzene ring substituents is 1. The quantitative estimate of drug-likeness (QED) is 0.521. The van der Waals surface area contributed by atoms with E-state index in [1.807, 2.05) is 42.5 Å². The minimum Gasteiger partial charge on any atom is -0.446 e. The van der Waals surface area contributed by atoms with Gasteiger partial charge < -0.3 is 4.74 Å². The van der Waals surface area contributed by atoms with Gasteiger partial charge in [0.2, 0.25) is 18.0 Å². The number of nitro groups is 1. The van der Waals surface area contributed by atoms with Crippen molar-refractivity contribution in [3.05, 3.63) is 88.0 Å². The molecule has 0 saturated heterocycles. The van der Waals surface area contributed by atoms with Crippen molar-refractivity contribution in [1.82, 2.24) is 5.01 Å². The minimum atomic E-state index is -0.683. The summed E-state index contributed by atoms with van der Waals surface area (Å²) >= 11 is 0. The van der Waals surface area contributed by atoms with E-state index in [0.717, 1.165) is 16.3 Å². The molecule has 0 aromatic heterocycles. The lowest BCUT2D eigenvalue weighted by molar-refractivity contribution is -0.384. The van der Waals surface area contributed by atoms with Gasteiger partial charge in [-0.3, -0.25) is 14.9 Å². The Bertz CT molecular complexity index is 1080. The van der Waals surface area contributed by atoms with Gasteiger partial charge in [0.1, 0.15) is 0 Å². The summed E-state index contributed by atoms with van der Waals surface area (Å²) < 4.78 is 5.94. The highest BCUT2D eigenvalue weighted by atomic mass is 16.6. The van der Waals surface area contributed by atoms with Crippen molar-refractivity contribution in [2.45, 2.75) is 13.2 Å². The van der Waals surface area contributed by atoms with Crippen LogP contribution in [0.15, 0.2) is 71.8 Å². The zero-order valence-electron chi connectivity index (χ0n) is 14.4. The summed E-state index contributed by atoms with van der Waals surface area (Å²) in [6, 6.07) is 19.6. The van der Waals surface area contributed by atoms with Crippen LogP contribution in [0.1, 0.15) is 24.3 Å². The van der Waals surface area contributed by atoms with Crippen LogP contribution in [0.5, 0.6) is 0 Å². The number of fused-ring (bicyclic) bond motifs is 1. The summed E-state index contributed by atoms with van der Waals surface area (Å²) in [5, 5.41) is 18.5. The Balaban J connectivity index is 1.68. The number of nitro benzene ring substituents is 1. The van der Waals surface area contributed by atoms with Crippen LogP contribution >= 0.6 is 0 Å². The van der Waals surface area contributed by atoms with Crippen molar-refractivity contribution in [2.75, 3.05) is 0 Å². The van der Waals surface area contributed by atoms with Crippen LogP contribution in [0.4, 0.5) is 5.69 Å². The normalized spacial score (nSPS) is 16.1. The molecule has 0 fully saturated rings. The molecule has 1 amide bonds. The van der Waals surface area contributed by atoms with Crippen LogP contribution in [0.25, 0.3) is 10.8 Å². The number of carbonyl (C=O) groups excluding carboxylic acids is 1. The molecule has 1 atom stereocenters. The SMILES string of the molecule is CC(=O)N1N=C(c2ccc([N+](=O)[O-])cc2)O[C@@H]1c1ccc2ccccc2c1. The van der Waals surface area contributed by atoms with E-state index in [-0.39, 0.29) is 17.5 Å². The molecule has 1 aliphatic heterocycles. The molecule has 134 valence electrons. The minimum absolute atomic E-state index is 0.0214. The molecule has 0 radical (unpaired) electrons. The molecule has 7 nitrogen and oxygen atoms in total. The monoisotopic (exact) mass is 361 g/mol. The summed E-state index contributed by atoms with van der Waals surface area (Å²) in [4.78, 5) is 22.4. The molecule has 3 aromatic rings. The van der Waals surface area contributed by atoms with E-state index in [2.05, 4.69) is 5.10 Å². The van der Waals surface area contributed by atoms with Gasteiger partial charge in [-0.25, -0.2) is 0 Å². The Morgan fingerprint density at radius 1 is 1.07 bits per heavy atom. The summed E-state index contributed by atoms with van der Waals surface area (Å²) in [7, 11) is 0.